The second kappa shape index (κ2) is 11.7. The molecule has 154 valence electrons. The highest BCUT2D eigenvalue weighted by molar-refractivity contribution is 7.11. The molecule has 1 aromatic carbocycles. The summed E-state index contributed by atoms with van der Waals surface area (Å²) in [4.78, 5) is 12.6. The molecule has 0 fully saturated rings. The molecule has 0 radical (unpaired) electrons. The summed E-state index contributed by atoms with van der Waals surface area (Å²) in [5.74, 6) is 1.73. The maximum atomic E-state index is 5.78. The van der Waals surface area contributed by atoms with E-state index in [1.54, 1.807) is 11.3 Å². The normalized spacial score (nSPS) is 11.7. The molecule has 1 aromatic heterocycles. The zero-order chi connectivity index (χ0) is 20.4. The third-order valence-electron chi connectivity index (χ3n) is 4.12. The van der Waals surface area contributed by atoms with Crippen molar-refractivity contribution in [2.75, 3.05) is 33.8 Å². The molecule has 1 heterocycles. The van der Waals surface area contributed by atoms with E-state index < -0.39 is 0 Å². The van der Waals surface area contributed by atoms with Gasteiger partial charge in [-0.3, -0.25) is 0 Å². The van der Waals surface area contributed by atoms with Crippen LogP contribution in [0, 0.1) is 13.8 Å². The summed E-state index contributed by atoms with van der Waals surface area (Å²) in [5, 5.41) is 7.79. The SMILES string of the molecule is CCNC(=NCc1ccc(OCCCN(C)C)cc1)NCc1sc(C)nc1C. The van der Waals surface area contributed by atoms with Gasteiger partial charge in [0.2, 0.25) is 0 Å². The Morgan fingerprint density at radius 1 is 1.18 bits per heavy atom. The van der Waals surface area contributed by atoms with E-state index in [0.717, 1.165) is 60.6 Å². The van der Waals surface area contributed by atoms with Crippen molar-refractivity contribution in [1.29, 1.82) is 0 Å². The minimum atomic E-state index is 0.622. The smallest absolute Gasteiger partial charge is 0.191 e. The molecule has 0 bridgehead atoms. The maximum Gasteiger partial charge on any atom is 0.191 e. The monoisotopic (exact) mass is 403 g/mol. The van der Waals surface area contributed by atoms with Gasteiger partial charge in [-0.25, -0.2) is 9.98 Å². The third-order valence-corrected chi connectivity index (χ3v) is 5.19. The van der Waals surface area contributed by atoms with Crippen molar-refractivity contribution in [2.24, 2.45) is 4.99 Å². The van der Waals surface area contributed by atoms with Gasteiger partial charge in [0, 0.05) is 18.0 Å². The Morgan fingerprint density at radius 3 is 2.54 bits per heavy atom. The number of nitrogens with zero attached hydrogens (tertiary/aromatic N) is 3. The fourth-order valence-corrected chi connectivity index (χ4v) is 3.55. The van der Waals surface area contributed by atoms with E-state index in [2.05, 4.69) is 60.6 Å². The summed E-state index contributed by atoms with van der Waals surface area (Å²) < 4.78 is 5.78. The van der Waals surface area contributed by atoms with Crippen molar-refractivity contribution < 1.29 is 4.74 Å². The Hall–Kier alpha value is -2.12. The average Bonchev–Trinajstić information content (AvgIpc) is 2.99. The van der Waals surface area contributed by atoms with E-state index in [9.17, 15) is 0 Å². The molecule has 0 unspecified atom stereocenters. The van der Waals surface area contributed by atoms with E-state index in [-0.39, 0.29) is 0 Å². The van der Waals surface area contributed by atoms with Gasteiger partial charge >= 0.3 is 0 Å². The van der Waals surface area contributed by atoms with E-state index in [1.807, 2.05) is 19.1 Å². The molecule has 0 aliphatic carbocycles. The summed E-state index contributed by atoms with van der Waals surface area (Å²) in [7, 11) is 4.15. The molecule has 0 aliphatic rings. The van der Waals surface area contributed by atoms with Gasteiger partial charge in [-0.05, 0) is 59.0 Å². The van der Waals surface area contributed by atoms with E-state index in [0.29, 0.717) is 6.54 Å². The average molecular weight is 404 g/mol. The predicted octanol–water partition coefficient (Wildman–Crippen LogP) is 3.35. The lowest BCUT2D eigenvalue weighted by atomic mass is 10.2. The lowest BCUT2D eigenvalue weighted by Crippen LogP contribution is -2.36. The number of guanidine groups is 1. The standard InChI is InChI=1S/C21H33N5OS/c1-6-22-21(24-15-20-16(2)25-17(3)28-20)23-14-18-8-10-19(11-9-18)27-13-7-12-26(4)5/h8-11H,6-7,12-15H2,1-5H3,(H2,22,23,24). The van der Waals surface area contributed by atoms with Crippen LogP contribution in [0.2, 0.25) is 0 Å². The summed E-state index contributed by atoms with van der Waals surface area (Å²) in [6, 6.07) is 8.19. The molecule has 7 heteroatoms. The molecule has 28 heavy (non-hydrogen) atoms. The molecule has 0 atom stereocenters. The Kier molecular flexibility index (Phi) is 9.23. The van der Waals surface area contributed by atoms with Gasteiger partial charge in [0.15, 0.2) is 5.96 Å². The third kappa shape index (κ3) is 7.86. The molecule has 0 saturated heterocycles. The van der Waals surface area contributed by atoms with Crippen molar-refractivity contribution in [3.63, 3.8) is 0 Å². The van der Waals surface area contributed by atoms with Gasteiger partial charge in [-0.1, -0.05) is 12.1 Å². The van der Waals surface area contributed by atoms with Gasteiger partial charge in [0.05, 0.1) is 30.4 Å². The number of thiazole rings is 1. The van der Waals surface area contributed by atoms with E-state index in [1.165, 1.54) is 4.88 Å². The van der Waals surface area contributed by atoms with E-state index >= 15 is 0 Å². The first-order valence-electron chi connectivity index (χ1n) is 9.79. The van der Waals surface area contributed by atoms with Crippen LogP contribution in [0.1, 0.15) is 34.5 Å². The first-order valence-corrected chi connectivity index (χ1v) is 10.6. The number of aliphatic imine (C=N–C) groups is 1. The van der Waals surface area contributed by atoms with Crippen molar-refractivity contribution >= 4 is 17.3 Å². The van der Waals surface area contributed by atoms with Crippen LogP contribution in [0.3, 0.4) is 0 Å². The van der Waals surface area contributed by atoms with Crippen molar-refractivity contribution in [3.8, 4) is 5.75 Å². The summed E-state index contributed by atoms with van der Waals surface area (Å²) >= 11 is 1.73. The van der Waals surface area contributed by atoms with Gasteiger partial charge in [-0.15, -0.1) is 11.3 Å². The number of aromatic nitrogens is 1. The molecular weight excluding hydrogens is 370 g/mol. The van der Waals surface area contributed by atoms with Crippen LogP contribution in [0.4, 0.5) is 0 Å². The zero-order valence-corrected chi connectivity index (χ0v) is 18.5. The summed E-state index contributed by atoms with van der Waals surface area (Å²) in [5.41, 5.74) is 2.25. The minimum Gasteiger partial charge on any atom is -0.494 e. The minimum absolute atomic E-state index is 0.622. The molecule has 2 aromatic rings. The quantitative estimate of drug-likeness (QED) is 0.362. The molecule has 6 nitrogen and oxygen atoms in total. The van der Waals surface area contributed by atoms with Crippen LogP contribution in [0.25, 0.3) is 0 Å². The summed E-state index contributed by atoms with van der Waals surface area (Å²) in [6.45, 7) is 10.1. The predicted molar refractivity (Wildman–Crippen MR) is 118 cm³/mol. The molecule has 0 saturated carbocycles. The molecule has 2 N–H and O–H groups in total. The Morgan fingerprint density at radius 2 is 1.93 bits per heavy atom. The molecular formula is C21H33N5OS. The number of benzene rings is 1. The van der Waals surface area contributed by atoms with E-state index in [4.69, 9.17) is 9.73 Å². The lowest BCUT2D eigenvalue weighted by Gasteiger charge is -2.11. The van der Waals surface area contributed by atoms with Crippen LogP contribution in [0.15, 0.2) is 29.3 Å². The number of nitrogens with one attached hydrogen (secondary N) is 2. The first-order chi connectivity index (χ1) is 13.5. The highest BCUT2D eigenvalue weighted by Gasteiger charge is 2.06. The molecule has 2 rings (SSSR count). The van der Waals surface area contributed by atoms with Crippen LogP contribution in [-0.2, 0) is 13.1 Å². The zero-order valence-electron chi connectivity index (χ0n) is 17.7. The molecule has 0 aliphatic heterocycles. The number of ether oxygens (including phenoxy) is 1. The topological polar surface area (TPSA) is 61.8 Å². The lowest BCUT2D eigenvalue weighted by molar-refractivity contribution is 0.281. The fourth-order valence-electron chi connectivity index (χ4n) is 2.68. The Labute approximate surface area is 173 Å². The highest BCUT2D eigenvalue weighted by Crippen LogP contribution is 2.16. The number of aryl methyl sites for hydroxylation is 2. The van der Waals surface area contributed by atoms with Crippen LogP contribution in [-0.4, -0.2) is 49.6 Å². The van der Waals surface area contributed by atoms with Crippen molar-refractivity contribution in [2.45, 2.75) is 40.3 Å². The second-order valence-corrected chi connectivity index (χ2v) is 8.23. The Balaban J connectivity index is 1.85. The van der Waals surface area contributed by atoms with Crippen LogP contribution >= 0.6 is 11.3 Å². The van der Waals surface area contributed by atoms with Gasteiger partial charge in [-0.2, -0.15) is 0 Å². The van der Waals surface area contributed by atoms with Crippen LogP contribution in [0.5, 0.6) is 5.75 Å². The number of hydrogen-bond donors (Lipinski definition) is 2. The Bertz CT molecular complexity index is 740. The van der Waals surface area contributed by atoms with Gasteiger partial charge in [0.1, 0.15) is 5.75 Å². The fraction of sp³-hybridized carbons (Fsp3) is 0.524. The highest BCUT2D eigenvalue weighted by atomic mass is 32.1. The van der Waals surface area contributed by atoms with Crippen molar-refractivity contribution in [3.05, 3.63) is 45.4 Å². The van der Waals surface area contributed by atoms with Gasteiger partial charge in [0.25, 0.3) is 0 Å². The number of hydrogen-bond acceptors (Lipinski definition) is 5. The van der Waals surface area contributed by atoms with Crippen molar-refractivity contribution in [1.82, 2.24) is 20.5 Å². The van der Waals surface area contributed by atoms with Crippen LogP contribution < -0.4 is 15.4 Å². The number of rotatable bonds is 10. The summed E-state index contributed by atoms with van der Waals surface area (Å²) in [6.07, 6.45) is 1.02. The first kappa shape index (κ1) is 22.2. The largest absolute Gasteiger partial charge is 0.494 e. The molecule has 0 amide bonds. The second-order valence-electron chi connectivity index (χ2n) is 6.94. The maximum absolute atomic E-state index is 5.78. The molecule has 0 spiro atoms. The van der Waals surface area contributed by atoms with Gasteiger partial charge < -0.3 is 20.3 Å².